The number of anilines is 1. The number of aliphatic carboxylic acids is 1. The van der Waals surface area contributed by atoms with Crippen molar-refractivity contribution in [1.82, 2.24) is 0 Å². The van der Waals surface area contributed by atoms with Gasteiger partial charge in [-0.15, -0.1) is 0 Å². The molecule has 1 heterocycles. The molecule has 1 aromatic carbocycles. The van der Waals surface area contributed by atoms with Crippen LogP contribution in [0, 0.1) is 0 Å². The fourth-order valence-corrected chi connectivity index (χ4v) is 2.28. The lowest BCUT2D eigenvalue weighted by Crippen LogP contribution is -2.37. The van der Waals surface area contributed by atoms with Crippen LogP contribution in [0.3, 0.4) is 0 Å². The fourth-order valence-electron chi connectivity index (χ4n) is 2.28. The van der Waals surface area contributed by atoms with E-state index in [0.717, 1.165) is 11.3 Å². The number of aliphatic hydroxyl groups is 1. The van der Waals surface area contributed by atoms with E-state index >= 15 is 0 Å². The molecule has 1 amide bonds. The van der Waals surface area contributed by atoms with Gasteiger partial charge in [-0.1, -0.05) is 12.1 Å². The summed E-state index contributed by atoms with van der Waals surface area (Å²) in [5.41, 5.74) is 1.00. The van der Waals surface area contributed by atoms with E-state index < -0.39 is 18.0 Å². The lowest BCUT2D eigenvalue weighted by atomic mass is 9.81. The molecule has 102 valence electrons. The van der Waals surface area contributed by atoms with Crippen LogP contribution in [0.15, 0.2) is 18.2 Å². The first-order chi connectivity index (χ1) is 8.90. The van der Waals surface area contributed by atoms with Crippen LogP contribution in [0.1, 0.15) is 24.5 Å². The first-order valence-electron chi connectivity index (χ1n) is 6.14. The van der Waals surface area contributed by atoms with E-state index in [1.807, 2.05) is 0 Å². The minimum Gasteiger partial charge on any atom is -0.481 e. The Morgan fingerprint density at radius 1 is 1.42 bits per heavy atom. The largest absolute Gasteiger partial charge is 0.481 e. The summed E-state index contributed by atoms with van der Waals surface area (Å²) in [6.07, 6.45) is 1.03. The van der Waals surface area contributed by atoms with Crippen molar-refractivity contribution >= 4 is 17.6 Å². The molecule has 0 spiro atoms. The molecule has 0 saturated carbocycles. The molecule has 5 heteroatoms. The second-order valence-electron chi connectivity index (χ2n) is 5.09. The number of carboxylic acids is 1. The van der Waals surface area contributed by atoms with Crippen LogP contribution in [0.5, 0.6) is 0 Å². The summed E-state index contributed by atoms with van der Waals surface area (Å²) < 4.78 is 0. The van der Waals surface area contributed by atoms with Crippen LogP contribution in [-0.4, -0.2) is 35.7 Å². The van der Waals surface area contributed by atoms with Crippen LogP contribution < -0.4 is 4.90 Å². The zero-order chi connectivity index (χ0) is 14.2. The van der Waals surface area contributed by atoms with Gasteiger partial charge in [0.05, 0.1) is 6.61 Å². The molecule has 1 atom stereocenters. The van der Waals surface area contributed by atoms with E-state index in [1.54, 1.807) is 30.1 Å². The standard InChI is InChI=1S/C14H17NO4/c1-14(8-16,13(18)19)10-4-5-11-9(7-10)3-6-12(17)15(11)2/h4-5,7,16H,3,6,8H2,1-2H3,(H,18,19). The Morgan fingerprint density at radius 3 is 2.68 bits per heavy atom. The Kier molecular flexibility index (Phi) is 3.32. The molecule has 0 bridgehead atoms. The Bertz CT molecular complexity index is 540. The number of carbonyl (C=O) groups is 2. The van der Waals surface area contributed by atoms with Gasteiger partial charge in [0.2, 0.25) is 5.91 Å². The Hall–Kier alpha value is -1.88. The van der Waals surface area contributed by atoms with Crippen LogP contribution >= 0.6 is 0 Å². The van der Waals surface area contributed by atoms with Gasteiger partial charge in [0, 0.05) is 19.2 Å². The Labute approximate surface area is 111 Å². The maximum Gasteiger partial charge on any atom is 0.316 e. The first kappa shape index (κ1) is 13.5. The first-order valence-corrected chi connectivity index (χ1v) is 6.14. The molecule has 0 saturated heterocycles. The summed E-state index contributed by atoms with van der Waals surface area (Å²) in [5.74, 6) is -1.00. The third-order valence-electron chi connectivity index (χ3n) is 3.85. The van der Waals surface area contributed by atoms with E-state index in [2.05, 4.69) is 0 Å². The SMILES string of the molecule is CN1C(=O)CCc2cc(C(C)(CO)C(=O)O)ccc21. The van der Waals surface area contributed by atoms with Crippen molar-refractivity contribution in [2.24, 2.45) is 0 Å². The van der Waals surface area contributed by atoms with Gasteiger partial charge >= 0.3 is 5.97 Å². The number of hydrogen-bond acceptors (Lipinski definition) is 3. The van der Waals surface area contributed by atoms with Gasteiger partial charge in [-0.3, -0.25) is 9.59 Å². The summed E-state index contributed by atoms with van der Waals surface area (Å²) >= 11 is 0. The molecular formula is C14H17NO4. The Balaban J connectivity index is 2.48. The number of rotatable bonds is 3. The number of aryl methyl sites for hydroxylation is 1. The number of fused-ring (bicyclic) bond motifs is 1. The minimum atomic E-state index is -1.31. The normalized spacial score (nSPS) is 17.8. The van der Waals surface area contributed by atoms with Crippen molar-refractivity contribution < 1.29 is 19.8 Å². The van der Waals surface area contributed by atoms with Crippen molar-refractivity contribution in [3.05, 3.63) is 29.3 Å². The summed E-state index contributed by atoms with van der Waals surface area (Å²) in [6, 6.07) is 5.19. The predicted octanol–water partition coefficient (Wildman–Crippen LogP) is 0.930. The fraction of sp³-hybridized carbons (Fsp3) is 0.429. The van der Waals surface area contributed by atoms with E-state index in [-0.39, 0.29) is 5.91 Å². The van der Waals surface area contributed by atoms with Crippen molar-refractivity contribution in [1.29, 1.82) is 0 Å². The van der Waals surface area contributed by atoms with E-state index in [4.69, 9.17) is 0 Å². The van der Waals surface area contributed by atoms with E-state index in [9.17, 15) is 19.8 Å². The molecule has 0 radical (unpaired) electrons. The summed E-state index contributed by atoms with van der Waals surface area (Å²) in [4.78, 5) is 24.5. The third-order valence-corrected chi connectivity index (χ3v) is 3.85. The number of aliphatic hydroxyl groups excluding tert-OH is 1. The van der Waals surface area contributed by atoms with Gasteiger partial charge < -0.3 is 15.1 Å². The van der Waals surface area contributed by atoms with Crippen molar-refractivity contribution in [3.63, 3.8) is 0 Å². The second kappa shape index (κ2) is 4.66. The average molecular weight is 263 g/mol. The van der Waals surface area contributed by atoms with Crippen molar-refractivity contribution in [2.45, 2.75) is 25.2 Å². The molecule has 1 aromatic rings. The van der Waals surface area contributed by atoms with Crippen LogP contribution in [0.25, 0.3) is 0 Å². The lowest BCUT2D eigenvalue weighted by molar-refractivity contribution is -0.144. The van der Waals surface area contributed by atoms with Crippen molar-refractivity contribution in [3.8, 4) is 0 Å². The van der Waals surface area contributed by atoms with Gasteiger partial charge in [0.25, 0.3) is 0 Å². The van der Waals surface area contributed by atoms with Gasteiger partial charge in [0.15, 0.2) is 0 Å². The number of carbonyl (C=O) groups excluding carboxylic acids is 1. The predicted molar refractivity (Wildman–Crippen MR) is 70.2 cm³/mol. The second-order valence-corrected chi connectivity index (χ2v) is 5.09. The van der Waals surface area contributed by atoms with Gasteiger partial charge in [-0.25, -0.2) is 0 Å². The molecule has 1 aliphatic heterocycles. The van der Waals surface area contributed by atoms with E-state index in [0.29, 0.717) is 18.4 Å². The van der Waals surface area contributed by atoms with E-state index in [1.165, 1.54) is 6.92 Å². The zero-order valence-electron chi connectivity index (χ0n) is 11.0. The molecule has 19 heavy (non-hydrogen) atoms. The smallest absolute Gasteiger partial charge is 0.316 e. The molecule has 0 fully saturated rings. The molecule has 1 unspecified atom stereocenters. The molecule has 2 rings (SSSR count). The topological polar surface area (TPSA) is 77.8 Å². The minimum absolute atomic E-state index is 0.0587. The van der Waals surface area contributed by atoms with Crippen LogP contribution in [-0.2, 0) is 21.4 Å². The molecule has 2 N–H and O–H groups in total. The molecule has 1 aliphatic rings. The molecule has 0 aromatic heterocycles. The number of carboxylic acid groups (broad SMARTS) is 1. The molecular weight excluding hydrogens is 246 g/mol. The van der Waals surface area contributed by atoms with Crippen molar-refractivity contribution in [2.75, 3.05) is 18.6 Å². The quantitative estimate of drug-likeness (QED) is 0.850. The summed E-state index contributed by atoms with van der Waals surface area (Å²) in [7, 11) is 1.71. The summed E-state index contributed by atoms with van der Waals surface area (Å²) in [5, 5.41) is 18.6. The lowest BCUT2D eigenvalue weighted by Gasteiger charge is -2.29. The van der Waals surface area contributed by atoms with Gasteiger partial charge in [0.1, 0.15) is 5.41 Å². The maximum absolute atomic E-state index is 11.6. The monoisotopic (exact) mass is 263 g/mol. The number of hydrogen-bond donors (Lipinski definition) is 2. The zero-order valence-corrected chi connectivity index (χ0v) is 11.0. The third kappa shape index (κ3) is 2.10. The number of benzene rings is 1. The Morgan fingerprint density at radius 2 is 2.11 bits per heavy atom. The average Bonchev–Trinajstić information content (AvgIpc) is 2.41. The maximum atomic E-state index is 11.6. The highest BCUT2D eigenvalue weighted by Crippen LogP contribution is 2.32. The summed E-state index contributed by atoms with van der Waals surface area (Å²) in [6.45, 7) is 1.03. The number of nitrogens with zero attached hydrogens (tertiary/aromatic N) is 1. The van der Waals surface area contributed by atoms with Crippen LogP contribution in [0.2, 0.25) is 0 Å². The van der Waals surface area contributed by atoms with Gasteiger partial charge in [-0.2, -0.15) is 0 Å². The molecule has 0 aliphatic carbocycles. The van der Waals surface area contributed by atoms with Gasteiger partial charge in [-0.05, 0) is 30.5 Å². The highest BCUT2D eigenvalue weighted by molar-refractivity contribution is 5.96. The highest BCUT2D eigenvalue weighted by atomic mass is 16.4. The highest BCUT2D eigenvalue weighted by Gasteiger charge is 2.35. The number of amides is 1. The molecule has 5 nitrogen and oxygen atoms in total. The van der Waals surface area contributed by atoms with Crippen LogP contribution in [0.4, 0.5) is 5.69 Å².